The predicted octanol–water partition coefficient (Wildman–Crippen LogP) is 2.72. The first kappa shape index (κ1) is 12.1. The average Bonchev–Trinajstić information content (AvgIpc) is 3.03. The zero-order valence-electron chi connectivity index (χ0n) is 10.6. The van der Waals surface area contributed by atoms with Crippen molar-refractivity contribution in [3.05, 3.63) is 66.7 Å². The molecule has 0 saturated carbocycles. The van der Waals surface area contributed by atoms with Crippen LogP contribution in [0.4, 0.5) is 5.69 Å². The van der Waals surface area contributed by atoms with Gasteiger partial charge in [0.1, 0.15) is 5.82 Å². The van der Waals surface area contributed by atoms with Crippen LogP contribution in [-0.4, -0.2) is 20.9 Å². The molecule has 2 heterocycles. The van der Waals surface area contributed by atoms with Gasteiger partial charge in [-0.3, -0.25) is 9.78 Å². The summed E-state index contributed by atoms with van der Waals surface area (Å²) >= 11 is 0. The number of H-pyrrole nitrogens is 1. The van der Waals surface area contributed by atoms with Gasteiger partial charge in [0.2, 0.25) is 0 Å². The summed E-state index contributed by atoms with van der Waals surface area (Å²) in [6.07, 6.45) is 6.66. The van der Waals surface area contributed by atoms with E-state index in [9.17, 15) is 4.79 Å². The Balaban J connectivity index is 1.74. The minimum atomic E-state index is -0.154. The molecule has 5 heteroatoms. The van der Waals surface area contributed by atoms with Crippen molar-refractivity contribution in [1.29, 1.82) is 0 Å². The summed E-state index contributed by atoms with van der Waals surface area (Å²) < 4.78 is 0. The SMILES string of the molecule is O=C(Nc1ccc(-c2ncc[nH]2)cc1)c1ccncc1. The molecule has 2 aromatic heterocycles. The average molecular weight is 264 g/mol. The molecular formula is C15H12N4O. The predicted molar refractivity (Wildman–Crippen MR) is 76.2 cm³/mol. The molecule has 0 saturated heterocycles. The fourth-order valence-electron chi connectivity index (χ4n) is 1.84. The molecule has 0 aliphatic rings. The topological polar surface area (TPSA) is 70.7 Å². The zero-order valence-corrected chi connectivity index (χ0v) is 10.6. The van der Waals surface area contributed by atoms with Crippen LogP contribution in [-0.2, 0) is 0 Å². The third kappa shape index (κ3) is 2.56. The van der Waals surface area contributed by atoms with Crippen LogP contribution in [0, 0.1) is 0 Å². The largest absolute Gasteiger partial charge is 0.345 e. The lowest BCUT2D eigenvalue weighted by Crippen LogP contribution is -2.11. The fourth-order valence-corrected chi connectivity index (χ4v) is 1.84. The highest BCUT2D eigenvalue weighted by molar-refractivity contribution is 6.04. The van der Waals surface area contributed by atoms with Crippen molar-refractivity contribution in [2.75, 3.05) is 5.32 Å². The molecule has 98 valence electrons. The summed E-state index contributed by atoms with van der Waals surface area (Å²) in [5, 5.41) is 2.83. The molecule has 0 aliphatic heterocycles. The van der Waals surface area contributed by atoms with Gasteiger partial charge in [0.05, 0.1) is 0 Å². The van der Waals surface area contributed by atoms with E-state index < -0.39 is 0 Å². The summed E-state index contributed by atoms with van der Waals surface area (Å²) in [7, 11) is 0. The molecule has 0 unspecified atom stereocenters. The molecule has 0 bridgehead atoms. The molecule has 20 heavy (non-hydrogen) atoms. The van der Waals surface area contributed by atoms with Crippen LogP contribution in [0.1, 0.15) is 10.4 Å². The zero-order chi connectivity index (χ0) is 13.8. The third-order valence-corrected chi connectivity index (χ3v) is 2.86. The Hall–Kier alpha value is -2.95. The lowest BCUT2D eigenvalue weighted by atomic mass is 10.2. The summed E-state index contributed by atoms with van der Waals surface area (Å²) in [6.45, 7) is 0. The van der Waals surface area contributed by atoms with Gasteiger partial charge in [-0.2, -0.15) is 0 Å². The molecule has 2 N–H and O–H groups in total. The molecule has 1 aromatic carbocycles. The summed E-state index contributed by atoms with van der Waals surface area (Å²) in [5.74, 6) is 0.648. The number of carbonyl (C=O) groups excluding carboxylic acids is 1. The highest BCUT2D eigenvalue weighted by atomic mass is 16.1. The van der Waals surface area contributed by atoms with Gasteiger partial charge in [0.25, 0.3) is 5.91 Å². The van der Waals surface area contributed by atoms with E-state index in [0.29, 0.717) is 5.56 Å². The number of aromatic amines is 1. The second-order valence-corrected chi connectivity index (χ2v) is 4.21. The van der Waals surface area contributed by atoms with E-state index in [2.05, 4.69) is 20.3 Å². The number of nitrogens with one attached hydrogen (secondary N) is 2. The number of rotatable bonds is 3. The smallest absolute Gasteiger partial charge is 0.255 e. The molecule has 0 atom stereocenters. The molecular weight excluding hydrogens is 252 g/mol. The van der Waals surface area contributed by atoms with Crippen LogP contribution in [0.3, 0.4) is 0 Å². The van der Waals surface area contributed by atoms with Crippen LogP contribution >= 0.6 is 0 Å². The number of anilines is 1. The highest BCUT2D eigenvalue weighted by Gasteiger charge is 2.05. The third-order valence-electron chi connectivity index (χ3n) is 2.86. The van der Waals surface area contributed by atoms with Crippen LogP contribution in [0.15, 0.2) is 61.2 Å². The van der Waals surface area contributed by atoms with Gasteiger partial charge in [-0.25, -0.2) is 4.98 Å². The molecule has 0 radical (unpaired) electrons. The Morgan fingerprint density at radius 1 is 1.00 bits per heavy atom. The Labute approximate surface area is 115 Å². The van der Waals surface area contributed by atoms with Gasteiger partial charge in [0, 0.05) is 41.6 Å². The second kappa shape index (κ2) is 5.36. The van der Waals surface area contributed by atoms with Crippen LogP contribution in [0.25, 0.3) is 11.4 Å². The van der Waals surface area contributed by atoms with Crippen LogP contribution < -0.4 is 5.32 Å². The second-order valence-electron chi connectivity index (χ2n) is 4.21. The molecule has 0 spiro atoms. The van der Waals surface area contributed by atoms with Crippen molar-refractivity contribution in [3.8, 4) is 11.4 Å². The van der Waals surface area contributed by atoms with Crippen molar-refractivity contribution in [3.63, 3.8) is 0 Å². The lowest BCUT2D eigenvalue weighted by Gasteiger charge is -2.05. The van der Waals surface area contributed by atoms with E-state index in [1.165, 1.54) is 0 Å². The highest BCUT2D eigenvalue weighted by Crippen LogP contribution is 2.18. The van der Waals surface area contributed by atoms with E-state index in [0.717, 1.165) is 17.1 Å². The van der Waals surface area contributed by atoms with E-state index >= 15 is 0 Å². The van der Waals surface area contributed by atoms with E-state index in [1.807, 2.05) is 24.3 Å². The Bertz CT molecular complexity index is 691. The number of benzene rings is 1. The van der Waals surface area contributed by atoms with Crippen molar-refractivity contribution in [2.45, 2.75) is 0 Å². The van der Waals surface area contributed by atoms with Gasteiger partial charge in [-0.1, -0.05) is 0 Å². The number of pyridine rings is 1. The number of nitrogens with zero attached hydrogens (tertiary/aromatic N) is 2. The number of hydrogen-bond acceptors (Lipinski definition) is 3. The van der Waals surface area contributed by atoms with E-state index in [-0.39, 0.29) is 5.91 Å². The maximum absolute atomic E-state index is 12.0. The first-order chi connectivity index (χ1) is 9.83. The minimum absolute atomic E-state index is 0.154. The van der Waals surface area contributed by atoms with Gasteiger partial charge >= 0.3 is 0 Å². The quantitative estimate of drug-likeness (QED) is 0.764. The first-order valence-electron chi connectivity index (χ1n) is 6.14. The standard InChI is InChI=1S/C15H12N4O/c20-15(12-5-7-16-8-6-12)19-13-3-1-11(2-4-13)14-17-9-10-18-14/h1-10H,(H,17,18)(H,19,20). The Kier molecular flexibility index (Phi) is 3.24. The van der Waals surface area contributed by atoms with Gasteiger partial charge in [-0.05, 0) is 36.4 Å². The number of amides is 1. The summed E-state index contributed by atoms with van der Waals surface area (Å²) in [4.78, 5) is 23.1. The van der Waals surface area contributed by atoms with E-state index in [1.54, 1.807) is 36.9 Å². The number of imidazole rings is 1. The van der Waals surface area contributed by atoms with Gasteiger partial charge in [0.15, 0.2) is 0 Å². The normalized spacial score (nSPS) is 10.2. The Morgan fingerprint density at radius 2 is 1.75 bits per heavy atom. The molecule has 3 rings (SSSR count). The van der Waals surface area contributed by atoms with Crippen molar-refractivity contribution in [1.82, 2.24) is 15.0 Å². The first-order valence-corrected chi connectivity index (χ1v) is 6.14. The number of hydrogen-bond donors (Lipinski definition) is 2. The lowest BCUT2D eigenvalue weighted by molar-refractivity contribution is 0.102. The van der Waals surface area contributed by atoms with E-state index in [4.69, 9.17) is 0 Å². The molecule has 1 amide bonds. The maximum Gasteiger partial charge on any atom is 0.255 e. The van der Waals surface area contributed by atoms with Crippen molar-refractivity contribution >= 4 is 11.6 Å². The molecule has 3 aromatic rings. The molecule has 0 fully saturated rings. The fraction of sp³-hybridized carbons (Fsp3) is 0. The number of aromatic nitrogens is 3. The van der Waals surface area contributed by atoms with Crippen molar-refractivity contribution in [2.24, 2.45) is 0 Å². The summed E-state index contributed by atoms with van der Waals surface area (Å²) in [6, 6.07) is 10.8. The van der Waals surface area contributed by atoms with Crippen molar-refractivity contribution < 1.29 is 4.79 Å². The van der Waals surface area contributed by atoms with Crippen LogP contribution in [0.5, 0.6) is 0 Å². The van der Waals surface area contributed by atoms with Gasteiger partial charge in [-0.15, -0.1) is 0 Å². The minimum Gasteiger partial charge on any atom is -0.345 e. The Morgan fingerprint density at radius 3 is 2.40 bits per heavy atom. The molecule has 0 aliphatic carbocycles. The summed E-state index contributed by atoms with van der Waals surface area (Å²) in [5.41, 5.74) is 2.29. The number of carbonyl (C=O) groups is 1. The van der Waals surface area contributed by atoms with Gasteiger partial charge < -0.3 is 10.3 Å². The van der Waals surface area contributed by atoms with Crippen LogP contribution in [0.2, 0.25) is 0 Å². The molecule has 5 nitrogen and oxygen atoms in total. The monoisotopic (exact) mass is 264 g/mol. The maximum atomic E-state index is 12.0.